The van der Waals surface area contributed by atoms with Crippen LogP contribution < -0.4 is 4.90 Å². The van der Waals surface area contributed by atoms with Crippen molar-refractivity contribution in [1.29, 1.82) is 0 Å². The van der Waals surface area contributed by atoms with E-state index in [2.05, 4.69) is 9.88 Å². The molecule has 8 nitrogen and oxygen atoms in total. The summed E-state index contributed by atoms with van der Waals surface area (Å²) < 4.78 is 52.6. The molecule has 0 aliphatic carbocycles. The number of benzene rings is 2. The Morgan fingerprint density at radius 3 is 2.33 bits per heavy atom. The molecule has 2 saturated heterocycles. The van der Waals surface area contributed by atoms with Crippen molar-refractivity contribution in [2.45, 2.75) is 27.5 Å². The van der Waals surface area contributed by atoms with Gasteiger partial charge in [-0.3, -0.25) is 4.98 Å². The lowest BCUT2D eigenvalue weighted by atomic mass is 10.0. The number of para-hydroxylation sites is 2. The van der Waals surface area contributed by atoms with Crippen LogP contribution in [0.3, 0.4) is 0 Å². The van der Waals surface area contributed by atoms with Crippen molar-refractivity contribution >= 4 is 48.5 Å². The molecule has 2 aliphatic rings. The maximum Gasteiger partial charge on any atom is 0.244 e. The summed E-state index contributed by atoms with van der Waals surface area (Å²) in [5.74, 6) is 1.50. The van der Waals surface area contributed by atoms with E-state index in [4.69, 9.17) is 4.98 Å². The van der Waals surface area contributed by atoms with E-state index in [0.717, 1.165) is 23.1 Å². The molecule has 2 aliphatic heterocycles. The third-order valence-corrected chi connectivity index (χ3v) is 11.0. The van der Waals surface area contributed by atoms with Gasteiger partial charge in [-0.15, -0.1) is 11.8 Å². The van der Waals surface area contributed by atoms with E-state index in [1.54, 1.807) is 22.3 Å². The highest BCUT2D eigenvalue weighted by Crippen LogP contribution is 2.47. The van der Waals surface area contributed by atoms with E-state index < -0.39 is 24.7 Å². The predicted molar refractivity (Wildman–Crippen MR) is 130 cm³/mol. The van der Waals surface area contributed by atoms with E-state index in [-0.39, 0.29) is 9.79 Å². The molecule has 0 amide bonds. The van der Waals surface area contributed by atoms with Crippen molar-refractivity contribution in [3.05, 3.63) is 54.7 Å². The molecule has 0 saturated carbocycles. The Kier molecular flexibility index (Phi) is 5.63. The minimum atomic E-state index is -3.84. The Morgan fingerprint density at radius 1 is 0.909 bits per heavy atom. The van der Waals surface area contributed by atoms with E-state index >= 15 is 0 Å². The van der Waals surface area contributed by atoms with E-state index in [0.29, 0.717) is 38.2 Å². The summed E-state index contributed by atoms with van der Waals surface area (Å²) in [7, 11) is -7.34. The first-order valence-electron chi connectivity index (χ1n) is 10.6. The number of anilines is 1. The van der Waals surface area contributed by atoms with Crippen molar-refractivity contribution < 1.29 is 16.8 Å². The number of aromatic nitrogens is 2. The first-order valence-corrected chi connectivity index (χ1v) is 14.9. The second-order valence-corrected chi connectivity index (χ2v) is 13.7. The third kappa shape index (κ3) is 4.11. The Labute approximate surface area is 198 Å². The molecule has 1 spiro atoms. The SMILES string of the molecule is CS(=O)(=O)c1cccc(S(=O)(=O)N2CCSC23CCN(c2cnc4ccccc4n2)CC3)c1. The molecule has 0 atom stereocenters. The van der Waals surface area contributed by atoms with Crippen LogP contribution in [0.15, 0.2) is 64.5 Å². The molecular weight excluding hydrogens is 480 g/mol. The van der Waals surface area contributed by atoms with Gasteiger partial charge in [-0.25, -0.2) is 21.8 Å². The number of nitrogens with zero attached hydrogens (tertiary/aromatic N) is 4. The van der Waals surface area contributed by atoms with Crippen molar-refractivity contribution in [3.8, 4) is 0 Å². The number of hydrogen-bond acceptors (Lipinski definition) is 8. The van der Waals surface area contributed by atoms with Crippen LogP contribution in [0, 0.1) is 0 Å². The zero-order chi connectivity index (χ0) is 23.3. The second kappa shape index (κ2) is 8.23. The smallest absolute Gasteiger partial charge is 0.244 e. The predicted octanol–water partition coefficient (Wildman–Crippen LogP) is 2.77. The third-order valence-electron chi connectivity index (χ3n) is 6.25. The standard InChI is InChI=1S/C22H24N4O4S3/c1-32(27,28)17-5-4-6-18(15-17)33(29,30)26-13-14-31-22(26)9-11-25(12-10-22)21-16-23-19-7-2-3-8-20(19)24-21/h2-8,15-16H,9-14H2,1H3. The zero-order valence-electron chi connectivity index (χ0n) is 18.1. The second-order valence-electron chi connectivity index (χ2n) is 8.32. The van der Waals surface area contributed by atoms with Gasteiger partial charge < -0.3 is 4.90 Å². The molecule has 0 radical (unpaired) electrons. The lowest BCUT2D eigenvalue weighted by molar-refractivity contribution is 0.266. The average molecular weight is 505 g/mol. The summed E-state index contributed by atoms with van der Waals surface area (Å²) in [4.78, 5) is 10.9. The van der Waals surface area contributed by atoms with Crippen LogP contribution >= 0.6 is 11.8 Å². The fourth-order valence-corrected chi connectivity index (χ4v) is 8.91. The van der Waals surface area contributed by atoms with Gasteiger partial charge >= 0.3 is 0 Å². The van der Waals surface area contributed by atoms with Gasteiger partial charge in [-0.05, 0) is 43.2 Å². The highest BCUT2D eigenvalue weighted by Gasteiger charge is 2.50. The molecular formula is C22H24N4O4S3. The summed E-state index contributed by atoms with van der Waals surface area (Å²) >= 11 is 1.67. The Bertz CT molecular complexity index is 1420. The monoisotopic (exact) mass is 504 g/mol. The Balaban J connectivity index is 1.39. The highest BCUT2D eigenvalue weighted by molar-refractivity contribution is 8.02. The molecule has 11 heteroatoms. The molecule has 3 heterocycles. The van der Waals surface area contributed by atoms with Gasteiger partial charge in [0, 0.05) is 31.6 Å². The van der Waals surface area contributed by atoms with E-state index in [1.807, 2.05) is 24.3 Å². The fraction of sp³-hybridized carbons (Fsp3) is 0.364. The molecule has 2 aromatic carbocycles. The summed E-state index contributed by atoms with van der Waals surface area (Å²) in [6, 6.07) is 13.4. The minimum absolute atomic E-state index is 0.00849. The Hall–Kier alpha value is -2.21. The first-order chi connectivity index (χ1) is 15.7. The van der Waals surface area contributed by atoms with E-state index in [1.165, 1.54) is 24.3 Å². The van der Waals surface area contributed by atoms with Crippen LogP contribution in [0.1, 0.15) is 12.8 Å². The summed E-state index contributed by atoms with van der Waals surface area (Å²) in [5, 5.41) is 0. The van der Waals surface area contributed by atoms with Crippen LogP contribution in [-0.2, 0) is 19.9 Å². The van der Waals surface area contributed by atoms with Gasteiger partial charge in [0.15, 0.2) is 9.84 Å². The lowest BCUT2D eigenvalue weighted by Gasteiger charge is -2.43. The lowest BCUT2D eigenvalue weighted by Crippen LogP contribution is -2.52. The molecule has 0 bridgehead atoms. The van der Waals surface area contributed by atoms with Crippen LogP contribution in [0.4, 0.5) is 5.82 Å². The number of rotatable bonds is 4. The quantitative estimate of drug-likeness (QED) is 0.535. The van der Waals surface area contributed by atoms with E-state index in [9.17, 15) is 16.8 Å². The largest absolute Gasteiger partial charge is 0.355 e. The van der Waals surface area contributed by atoms with Crippen LogP contribution in [0.2, 0.25) is 0 Å². The first kappa shape index (κ1) is 22.6. The zero-order valence-corrected chi connectivity index (χ0v) is 20.5. The fourth-order valence-electron chi connectivity index (χ4n) is 4.50. The van der Waals surface area contributed by atoms with Gasteiger partial charge in [0.2, 0.25) is 10.0 Å². The molecule has 174 valence electrons. The number of sulfone groups is 1. The number of thioether (sulfide) groups is 1. The van der Waals surface area contributed by atoms with Crippen molar-refractivity contribution in [2.24, 2.45) is 0 Å². The van der Waals surface area contributed by atoms with Gasteiger partial charge in [0.25, 0.3) is 0 Å². The van der Waals surface area contributed by atoms with Crippen molar-refractivity contribution in [3.63, 3.8) is 0 Å². The highest BCUT2D eigenvalue weighted by atomic mass is 32.2. The van der Waals surface area contributed by atoms with Crippen molar-refractivity contribution in [1.82, 2.24) is 14.3 Å². The molecule has 3 aromatic rings. The average Bonchev–Trinajstić information content (AvgIpc) is 3.22. The number of sulfonamides is 1. The van der Waals surface area contributed by atoms with Gasteiger partial charge in [-0.2, -0.15) is 4.31 Å². The van der Waals surface area contributed by atoms with Crippen LogP contribution in [0.25, 0.3) is 11.0 Å². The van der Waals surface area contributed by atoms with Crippen LogP contribution in [-0.4, -0.2) is 67.6 Å². The molecule has 5 rings (SSSR count). The van der Waals surface area contributed by atoms with Crippen molar-refractivity contribution in [2.75, 3.05) is 36.5 Å². The minimum Gasteiger partial charge on any atom is -0.355 e. The topological polar surface area (TPSA) is 101 Å². The molecule has 0 N–H and O–H groups in total. The molecule has 33 heavy (non-hydrogen) atoms. The molecule has 0 unspecified atom stereocenters. The number of piperidine rings is 1. The summed E-state index contributed by atoms with van der Waals surface area (Å²) in [5.41, 5.74) is 1.68. The normalized spacial score (nSPS) is 19.4. The maximum atomic E-state index is 13.6. The number of fused-ring (bicyclic) bond motifs is 1. The summed E-state index contributed by atoms with van der Waals surface area (Å²) in [6.45, 7) is 1.73. The van der Waals surface area contributed by atoms with Gasteiger partial charge in [-0.1, -0.05) is 18.2 Å². The Morgan fingerprint density at radius 2 is 1.61 bits per heavy atom. The van der Waals surface area contributed by atoms with Gasteiger partial charge in [0.05, 0.1) is 31.9 Å². The maximum absolute atomic E-state index is 13.6. The van der Waals surface area contributed by atoms with Gasteiger partial charge in [0.1, 0.15) is 5.82 Å². The molecule has 2 fully saturated rings. The van der Waals surface area contributed by atoms with Crippen LogP contribution in [0.5, 0.6) is 0 Å². The molecule has 1 aromatic heterocycles. The summed E-state index contributed by atoms with van der Waals surface area (Å²) in [6.07, 6.45) is 4.15. The number of hydrogen-bond donors (Lipinski definition) is 0.